The van der Waals surface area contributed by atoms with Crippen LogP contribution in [0.2, 0.25) is 0 Å². The van der Waals surface area contributed by atoms with Crippen molar-refractivity contribution in [3.8, 4) is 11.5 Å². The van der Waals surface area contributed by atoms with E-state index in [1.807, 2.05) is 0 Å². The lowest BCUT2D eigenvalue weighted by Crippen LogP contribution is -2.35. The molecule has 1 unspecified atom stereocenters. The Morgan fingerprint density at radius 2 is 1.32 bits per heavy atom. The number of rotatable bonds is 8. The number of phenolic OH excluding ortho intramolecular Hbond substituents is 2. The summed E-state index contributed by atoms with van der Waals surface area (Å²) in [6.07, 6.45) is 4.78. The van der Waals surface area contributed by atoms with E-state index in [4.69, 9.17) is 17.2 Å². The highest BCUT2D eigenvalue weighted by molar-refractivity contribution is 5.98. The number of carbonyl (C=O) groups excluding carboxylic acids is 2. The van der Waals surface area contributed by atoms with Gasteiger partial charge in [-0.25, -0.2) is 0 Å². The van der Waals surface area contributed by atoms with Crippen LogP contribution in [0.3, 0.4) is 0 Å². The third kappa shape index (κ3) is 4.41. The third-order valence-corrected chi connectivity index (χ3v) is 6.06. The van der Waals surface area contributed by atoms with Crippen molar-refractivity contribution in [2.45, 2.75) is 31.7 Å². The second kappa shape index (κ2) is 9.68. The molecule has 4 aromatic rings. The summed E-state index contributed by atoms with van der Waals surface area (Å²) >= 11 is 0. The van der Waals surface area contributed by atoms with Gasteiger partial charge in [-0.1, -0.05) is 0 Å². The summed E-state index contributed by atoms with van der Waals surface area (Å²) < 4.78 is 3.01. The Kier molecular flexibility index (Phi) is 6.69. The summed E-state index contributed by atoms with van der Waals surface area (Å²) in [5.74, 6) is -0.316. The molecule has 0 aliphatic rings. The number of nitrogens with zero attached hydrogens (tertiary/aromatic N) is 2. The van der Waals surface area contributed by atoms with E-state index >= 15 is 0 Å². The Morgan fingerprint density at radius 3 is 1.85 bits per heavy atom. The van der Waals surface area contributed by atoms with Gasteiger partial charge < -0.3 is 27.4 Å². The summed E-state index contributed by atoms with van der Waals surface area (Å²) in [7, 11) is 0. The highest BCUT2D eigenvalue weighted by Gasteiger charge is 2.22. The maximum atomic E-state index is 13.1. The summed E-state index contributed by atoms with van der Waals surface area (Å²) in [6, 6.07) is 8.73. The molecular weight excluding hydrogens is 434 g/mol. The largest absolute Gasteiger partial charge is 0.508 e. The minimum Gasteiger partial charge on any atom is -0.508 e. The maximum Gasteiger partial charge on any atom is 0.247 e. The topological polar surface area (TPSA) is 163 Å². The van der Waals surface area contributed by atoms with E-state index in [0.717, 1.165) is 21.9 Å². The molecule has 0 spiro atoms. The molecule has 0 radical (unpaired) electrons. The smallest absolute Gasteiger partial charge is 0.247 e. The molecule has 9 nitrogen and oxygen atoms in total. The van der Waals surface area contributed by atoms with E-state index < -0.39 is 6.04 Å². The molecule has 4 rings (SSSR count). The van der Waals surface area contributed by atoms with E-state index in [2.05, 4.69) is 0 Å². The highest BCUT2D eigenvalue weighted by atomic mass is 16.3. The zero-order valence-corrected chi connectivity index (χ0v) is 18.8. The van der Waals surface area contributed by atoms with Crippen molar-refractivity contribution in [1.82, 2.24) is 9.13 Å². The quantitative estimate of drug-likeness (QED) is 0.267. The first-order valence-corrected chi connectivity index (χ1v) is 11.2. The number of aromatic hydroxyl groups is 2. The summed E-state index contributed by atoms with van der Waals surface area (Å²) in [4.78, 5) is 26.2. The first-order chi connectivity index (χ1) is 16.3. The van der Waals surface area contributed by atoms with Gasteiger partial charge in [-0.3, -0.25) is 18.7 Å². The van der Waals surface area contributed by atoms with E-state index in [0.29, 0.717) is 37.0 Å². The first-order valence-electron chi connectivity index (χ1n) is 11.2. The van der Waals surface area contributed by atoms with Crippen LogP contribution in [0.5, 0.6) is 11.5 Å². The number of carbonyl (C=O) groups is 2. The molecule has 0 aliphatic carbocycles. The van der Waals surface area contributed by atoms with Crippen molar-refractivity contribution in [2.75, 3.05) is 13.1 Å². The molecule has 2 aromatic carbocycles. The molecule has 2 aromatic heterocycles. The van der Waals surface area contributed by atoms with Crippen LogP contribution in [0, 0.1) is 0 Å². The van der Waals surface area contributed by atoms with Crippen molar-refractivity contribution < 1.29 is 19.8 Å². The monoisotopic (exact) mass is 463 g/mol. The Labute approximate surface area is 196 Å². The van der Waals surface area contributed by atoms with E-state index in [-0.39, 0.29) is 36.2 Å². The zero-order chi connectivity index (χ0) is 24.4. The van der Waals surface area contributed by atoms with Gasteiger partial charge >= 0.3 is 0 Å². The van der Waals surface area contributed by atoms with Crippen LogP contribution >= 0.6 is 0 Å². The van der Waals surface area contributed by atoms with Crippen LogP contribution < -0.4 is 17.2 Å². The molecule has 178 valence electrons. The van der Waals surface area contributed by atoms with Gasteiger partial charge in [0.15, 0.2) is 0 Å². The van der Waals surface area contributed by atoms with Gasteiger partial charge in [-0.2, -0.15) is 0 Å². The van der Waals surface area contributed by atoms with Crippen molar-refractivity contribution in [2.24, 2.45) is 17.2 Å². The summed E-state index contributed by atoms with van der Waals surface area (Å²) in [5.41, 5.74) is 20.6. The Balaban J connectivity index is 1.54. The van der Waals surface area contributed by atoms with Crippen LogP contribution in [0.4, 0.5) is 0 Å². The van der Waals surface area contributed by atoms with Crippen molar-refractivity contribution >= 4 is 33.6 Å². The summed E-state index contributed by atoms with van der Waals surface area (Å²) in [6.45, 7) is 0.815. The van der Waals surface area contributed by atoms with Crippen LogP contribution in [0.1, 0.15) is 33.6 Å². The number of hydrogen-bond donors (Lipinski definition) is 5. The molecule has 9 heteroatoms. The third-order valence-electron chi connectivity index (χ3n) is 6.06. The van der Waals surface area contributed by atoms with Gasteiger partial charge in [0.2, 0.25) is 11.8 Å². The number of aromatic nitrogens is 2. The Hall–Kier alpha value is -3.66. The van der Waals surface area contributed by atoms with Crippen molar-refractivity contribution in [1.29, 1.82) is 0 Å². The number of hydrogen-bond acceptors (Lipinski definition) is 7. The molecular formula is C25H29N5O4. The number of benzene rings is 2. The average molecular weight is 464 g/mol. The molecule has 0 fully saturated rings. The predicted octanol–water partition coefficient (Wildman–Crippen LogP) is 2.10. The molecule has 0 bridgehead atoms. The second-order valence-electron chi connectivity index (χ2n) is 8.41. The van der Waals surface area contributed by atoms with Gasteiger partial charge in [0.05, 0.1) is 17.1 Å². The molecule has 34 heavy (non-hydrogen) atoms. The fourth-order valence-corrected chi connectivity index (χ4v) is 4.37. The zero-order valence-electron chi connectivity index (χ0n) is 18.8. The number of fused-ring (bicyclic) bond motifs is 2. The predicted molar refractivity (Wildman–Crippen MR) is 131 cm³/mol. The summed E-state index contributed by atoms with van der Waals surface area (Å²) in [5, 5.41) is 21.2. The molecule has 2 heterocycles. The van der Waals surface area contributed by atoms with Crippen molar-refractivity contribution in [3.05, 3.63) is 59.9 Å². The fraction of sp³-hybridized carbons (Fsp3) is 0.280. The molecule has 8 N–H and O–H groups in total. The van der Waals surface area contributed by atoms with Gasteiger partial charge in [-0.05, 0) is 79.9 Å². The Bertz CT molecular complexity index is 1370. The first kappa shape index (κ1) is 23.5. The molecule has 0 saturated heterocycles. The molecule has 0 aliphatic heterocycles. The second-order valence-corrected chi connectivity index (χ2v) is 8.41. The number of nitrogens with two attached hydrogens (primary N) is 3. The number of phenols is 2. The maximum absolute atomic E-state index is 13.1. The highest BCUT2D eigenvalue weighted by Crippen LogP contribution is 2.28. The van der Waals surface area contributed by atoms with E-state index in [9.17, 15) is 19.8 Å². The lowest BCUT2D eigenvalue weighted by molar-refractivity contribution is 0.0859. The average Bonchev–Trinajstić information content (AvgIpc) is 3.35. The van der Waals surface area contributed by atoms with Gasteiger partial charge in [-0.15, -0.1) is 0 Å². The minimum absolute atomic E-state index is 0.0648. The van der Waals surface area contributed by atoms with Crippen LogP contribution in [-0.2, 0) is 12.8 Å². The minimum atomic E-state index is -0.895. The van der Waals surface area contributed by atoms with Crippen LogP contribution in [-0.4, -0.2) is 50.3 Å². The standard InChI is InChI=1S/C25H29N5O4/c26-9-7-15-13-29(22-4-1-17(31)11-19(15)22)24(33)6-3-21(28)25(34)30-14-16(8-10-27)20-12-18(32)2-5-23(20)30/h1-2,4-5,11-14,21,31-32H,3,6-10,26-28H2. The van der Waals surface area contributed by atoms with E-state index in [1.165, 1.54) is 21.3 Å². The fourth-order valence-electron chi connectivity index (χ4n) is 4.37. The SMILES string of the molecule is NCCc1cn(C(=O)CCC(N)C(=O)n2cc(CCN)c3cc(O)ccc32)c2ccc(O)cc12. The Morgan fingerprint density at radius 1 is 0.824 bits per heavy atom. The molecule has 0 amide bonds. The normalized spacial score (nSPS) is 12.4. The molecule has 0 saturated carbocycles. The van der Waals surface area contributed by atoms with E-state index in [1.54, 1.807) is 36.7 Å². The van der Waals surface area contributed by atoms with Gasteiger partial charge in [0.1, 0.15) is 11.5 Å². The van der Waals surface area contributed by atoms with Crippen LogP contribution in [0.25, 0.3) is 21.8 Å². The van der Waals surface area contributed by atoms with Crippen LogP contribution in [0.15, 0.2) is 48.8 Å². The van der Waals surface area contributed by atoms with Crippen molar-refractivity contribution in [3.63, 3.8) is 0 Å². The lowest BCUT2D eigenvalue weighted by Gasteiger charge is -2.12. The van der Waals surface area contributed by atoms with Gasteiger partial charge in [0, 0.05) is 29.6 Å². The lowest BCUT2D eigenvalue weighted by atomic mass is 10.1. The molecule has 1 atom stereocenters. The van der Waals surface area contributed by atoms with Gasteiger partial charge in [0.25, 0.3) is 0 Å².